The average Bonchev–Trinajstić information content (AvgIpc) is 2.35. The van der Waals surface area contributed by atoms with Crippen molar-refractivity contribution in [3.63, 3.8) is 0 Å². The van der Waals surface area contributed by atoms with Gasteiger partial charge >= 0.3 is 6.61 Å². The number of amides is 1. The molecule has 0 heterocycles. The number of halogens is 2. The molecule has 0 aromatic heterocycles. The molecule has 0 saturated heterocycles. The molecule has 1 rings (SSSR count). The Morgan fingerprint density at radius 1 is 1.50 bits per heavy atom. The maximum Gasteiger partial charge on any atom is 0.387 e. The Balaban J connectivity index is 2.88. The van der Waals surface area contributed by atoms with E-state index in [-0.39, 0.29) is 11.3 Å². The standard InChI is InChI=1S/C13H13F2NO2/c1-3-9(4-2)16-12(17)10-7-5-6-8-11(10)18-13(14)15/h1,5-9,13H,4H2,2H3,(H,16,17). The highest BCUT2D eigenvalue weighted by molar-refractivity contribution is 5.97. The fourth-order valence-corrected chi connectivity index (χ4v) is 1.35. The van der Waals surface area contributed by atoms with Crippen LogP contribution in [0, 0.1) is 12.3 Å². The van der Waals surface area contributed by atoms with Gasteiger partial charge in [-0.2, -0.15) is 8.78 Å². The summed E-state index contributed by atoms with van der Waals surface area (Å²) in [5, 5.41) is 2.55. The van der Waals surface area contributed by atoms with E-state index in [9.17, 15) is 13.6 Å². The van der Waals surface area contributed by atoms with Crippen LogP contribution in [0.5, 0.6) is 5.75 Å². The zero-order valence-corrected chi connectivity index (χ0v) is 9.82. The Morgan fingerprint density at radius 2 is 2.17 bits per heavy atom. The van der Waals surface area contributed by atoms with Crippen molar-refractivity contribution in [3.8, 4) is 18.1 Å². The van der Waals surface area contributed by atoms with Gasteiger partial charge in [0.15, 0.2) is 0 Å². The molecule has 1 atom stereocenters. The Morgan fingerprint density at radius 3 is 2.72 bits per heavy atom. The number of nitrogens with one attached hydrogen (secondary N) is 1. The maximum absolute atomic E-state index is 12.2. The van der Waals surface area contributed by atoms with Crippen molar-refractivity contribution < 1.29 is 18.3 Å². The first kappa shape index (κ1) is 14.0. The number of carbonyl (C=O) groups is 1. The summed E-state index contributed by atoms with van der Waals surface area (Å²) in [6, 6.07) is 5.34. The summed E-state index contributed by atoms with van der Waals surface area (Å²) in [6.45, 7) is -1.17. The molecule has 96 valence electrons. The quantitative estimate of drug-likeness (QED) is 0.818. The van der Waals surface area contributed by atoms with Gasteiger partial charge in [-0.1, -0.05) is 25.0 Å². The molecule has 0 saturated carbocycles. The minimum atomic E-state index is -2.98. The van der Waals surface area contributed by atoms with Gasteiger partial charge in [-0.05, 0) is 18.6 Å². The molecule has 18 heavy (non-hydrogen) atoms. The van der Waals surface area contributed by atoms with Crippen LogP contribution < -0.4 is 10.1 Å². The number of alkyl halides is 2. The number of carbonyl (C=O) groups excluding carboxylic acids is 1. The Bertz CT molecular complexity index is 455. The average molecular weight is 253 g/mol. The topological polar surface area (TPSA) is 38.3 Å². The fraction of sp³-hybridized carbons (Fsp3) is 0.308. The lowest BCUT2D eigenvalue weighted by atomic mass is 10.1. The van der Waals surface area contributed by atoms with Crippen molar-refractivity contribution in [2.45, 2.75) is 26.0 Å². The van der Waals surface area contributed by atoms with Crippen LogP contribution in [0.4, 0.5) is 8.78 Å². The number of para-hydroxylation sites is 1. The van der Waals surface area contributed by atoms with Crippen LogP contribution in [0.25, 0.3) is 0 Å². The highest BCUT2D eigenvalue weighted by atomic mass is 19.3. The van der Waals surface area contributed by atoms with Crippen molar-refractivity contribution in [1.82, 2.24) is 5.32 Å². The number of ether oxygens (including phenoxy) is 1. The molecule has 0 bridgehead atoms. The van der Waals surface area contributed by atoms with Crippen molar-refractivity contribution in [2.24, 2.45) is 0 Å². The summed E-state index contributed by atoms with van der Waals surface area (Å²) in [7, 11) is 0. The van der Waals surface area contributed by atoms with Gasteiger partial charge in [-0.25, -0.2) is 0 Å². The molecule has 0 aliphatic heterocycles. The third kappa shape index (κ3) is 3.74. The maximum atomic E-state index is 12.2. The SMILES string of the molecule is C#CC(CC)NC(=O)c1ccccc1OC(F)F. The van der Waals surface area contributed by atoms with Crippen molar-refractivity contribution >= 4 is 5.91 Å². The highest BCUT2D eigenvalue weighted by Gasteiger charge is 2.16. The second kappa shape index (κ2) is 6.60. The number of hydrogen-bond donors (Lipinski definition) is 1. The predicted molar refractivity (Wildman–Crippen MR) is 63.5 cm³/mol. The van der Waals surface area contributed by atoms with Crippen LogP contribution >= 0.6 is 0 Å². The monoisotopic (exact) mass is 253 g/mol. The summed E-state index contributed by atoms with van der Waals surface area (Å²) in [5.74, 6) is 1.69. The van der Waals surface area contributed by atoms with Crippen molar-refractivity contribution in [1.29, 1.82) is 0 Å². The van der Waals surface area contributed by atoms with Crippen LogP contribution in [-0.2, 0) is 0 Å². The Hall–Kier alpha value is -2.09. The molecule has 1 aromatic carbocycles. The lowest BCUT2D eigenvalue weighted by Crippen LogP contribution is -2.33. The zero-order chi connectivity index (χ0) is 13.5. The molecule has 1 amide bonds. The fourth-order valence-electron chi connectivity index (χ4n) is 1.35. The second-order valence-electron chi connectivity index (χ2n) is 3.48. The van der Waals surface area contributed by atoms with Crippen LogP contribution in [0.3, 0.4) is 0 Å². The number of terminal acetylenes is 1. The van der Waals surface area contributed by atoms with Gasteiger partial charge in [0.05, 0.1) is 11.6 Å². The third-order valence-electron chi connectivity index (χ3n) is 2.26. The van der Waals surface area contributed by atoms with Crippen LogP contribution in [0.1, 0.15) is 23.7 Å². The smallest absolute Gasteiger partial charge is 0.387 e. The van der Waals surface area contributed by atoms with Gasteiger partial charge in [0, 0.05) is 0 Å². The largest absolute Gasteiger partial charge is 0.434 e. The van der Waals surface area contributed by atoms with Gasteiger partial charge < -0.3 is 10.1 Å². The van der Waals surface area contributed by atoms with E-state index in [0.29, 0.717) is 6.42 Å². The summed E-state index contributed by atoms with van der Waals surface area (Å²) in [6.07, 6.45) is 5.77. The number of rotatable bonds is 5. The van der Waals surface area contributed by atoms with E-state index in [1.807, 2.05) is 6.92 Å². The van der Waals surface area contributed by atoms with Crippen LogP contribution in [-0.4, -0.2) is 18.6 Å². The van der Waals surface area contributed by atoms with Gasteiger partial charge in [0.2, 0.25) is 0 Å². The number of hydrogen-bond acceptors (Lipinski definition) is 2. The Kier molecular flexibility index (Phi) is 5.12. The van der Waals surface area contributed by atoms with Gasteiger partial charge in [0.25, 0.3) is 5.91 Å². The van der Waals surface area contributed by atoms with Gasteiger partial charge in [0.1, 0.15) is 5.75 Å². The highest BCUT2D eigenvalue weighted by Crippen LogP contribution is 2.20. The second-order valence-corrected chi connectivity index (χ2v) is 3.48. The minimum absolute atomic E-state index is 0.0338. The molecule has 5 heteroatoms. The molecular weight excluding hydrogens is 240 g/mol. The molecular formula is C13H13F2NO2. The van der Waals surface area contributed by atoms with Gasteiger partial charge in [-0.15, -0.1) is 6.42 Å². The van der Waals surface area contributed by atoms with E-state index in [4.69, 9.17) is 6.42 Å². The molecule has 0 spiro atoms. The first-order chi connectivity index (χ1) is 8.58. The molecule has 0 aliphatic rings. The van der Waals surface area contributed by atoms with Crippen molar-refractivity contribution in [3.05, 3.63) is 29.8 Å². The van der Waals surface area contributed by atoms with E-state index < -0.39 is 18.6 Å². The normalized spacial score (nSPS) is 11.7. The molecule has 0 radical (unpaired) electrons. The third-order valence-corrected chi connectivity index (χ3v) is 2.26. The van der Waals surface area contributed by atoms with E-state index in [1.165, 1.54) is 18.2 Å². The lowest BCUT2D eigenvalue weighted by Gasteiger charge is -2.13. The molecule has 0 fully saturated rings. The predicted octanol–water partition coefficient (Wildman–Crippen LogP) is 2.43. The minimum Gasteiger partial charge on any atom is -0.434 e. The molecule has 0 aliphatic carbocycles. The van der Waals surface area contributed by atoms with E-state index in [2.05, 4.69) is 16.0 Å². The van der Waals surface area contributed by atoms with E-state index in [0.717, 1.165) is 0 Å². The summed E-state index contributed by atoms with van der Waals surface area (Å²) in [4.78, 5) is 11.8. The summed E-state index contributed by atoms with van der Waals surface area (Å²) >= 11 is 0. The summed E-state index contributed by atoms with van der Waals surface area (Å²) < 4.78 is 28.6. The molecule has 1 unspecified atom stereocenters. The van der Waals surface area contributed by atoms with Crippen molar-refractivity contribution in [2.75, 3.05) is 0 Å². The first-order valence-electron chi connectivity index (χ1n) is 5.39. The van der Waals surface area contributed by atoms with E-state index in [1.54, 1.807) is 6.07 Å². The van der Waals surface area contributed by atoms with E-state index >= 15 is 0 Å². The molecule has 1 N–H and O–H groups in total. The Labute approximate surface area is 104 Å². The molecule has 1 aromatic rings. The first-order valence-corrected chi connectivity index (χ1v) is 5.39. The molecule has 3 nitrogen and oxygen atoms in total. The number of benzene rings is 1. The lowest BCUT2D eigenvalue weighted by molar-refractivity contribution is -0.0501. The summed E-state index contributed by atoms with van der Waals surface area (Å²) in [5.41, 5.74) is 0.0338. The van der Waals surface area contributed by atoms with Crippen LogP contribution in [0.2, 0.25) is 0 Å². The van der Waals surface area contributed by atoms with Gasteiger partial charge in [-0.3, -0.25) is 4.79 Å². The zero-order valence-electron chi connectivity index (χ0n) is 9.82. The van der Waals surface area contributed by atoms with Crippen LogP contribution in [0.15, 0.2) is 24.3 Å².